The Labute approximate surface area is 139 Å². The maximum Gasteiger partial charge on any atom is 0.323 e. The molecule has 3 rings (SSSR count). The van der Waals surface area contributed by atoms with Crippen LogP contribution in [-0.4, -0.2) is 34.9 Å². The van der Waals surface area contributed by atoms with E-state index in [1.807, 2.05) is 48.5 Å². The monoisotopic (exact) mass is 326 g/mol. The summed E-state index contributed by atoms with van der Waals surface area (Å²) in [5.74, 6) is -4.01. The van der Waals surface area contributed by atoms with Gasteiger partial charge in [0.1, 0.15) is 6.61 Å². The molecule has 5 nitrogen and oxygen atoms in total. The molecule has 0 saturated carbocycles. The van der Waals surface area contributed by atoms with E-state index in [1.165, 1.54) is 6.92 Å². The quantitative estimate of drug-likeness (QED) is 0.651. The number of rotatable bonds is 5. The van der Waals surface area contributed by atoms with Crippen LogP contribution >= 0.6 is 0 Å². The summed E-state index contributed by atoms with van der Waals surface area (Å²) in [6.45, 7) is 1.31. The third kappa shape index (κ3) is 2.78. The van der Waals surface area contributed by atoms with E-state index in [2.05, 4.69) is 0 Å². The molecule has 0 aliphatic heterocycles. The van der Waals surface area contributed by atoms with Gasteiger partial charge < -0.3 is 14.9 Å². The Morgan fingerprint density at radius 1 is 1.04 bits per heavy atom. The molecule has 2 N–H and O–H groups in total. The molecule has 2 aromatic carbocycles. The number of aliphatic hydroxyl groups excluding tert-OH is 1. The van der Waals surface area contributed by atoms with Gasteiger partial charge in [0.2, 0.25) is 0 Å². The third-order valence-electron chi connectivity index (χ3n) is 4.36. The first-order chi connectivity index (χ1) is 11.5. The van der Waals surface area contributed by atoms with Gasteiger partial charge in [-0.25, -0.2) is 0 Å². The zero-order valence-electron chi connectivity index (χ0n) is 13.2. The van der Waals surface area contributed by atoms with Crippen molar-refractivity contribution in [1.29, 1.82) is 0 Å². The van der Waals surface area contributed by atoms with Crippen molar-refractivity contribution in [3.8, 4) is 11.1 Å². The highest BCUT2D eigenvalue weighted by Crippen LogP contribution is 2.44. The Balaban J connectivity index is 1.83. The van der Waals surface area contributed by atoms with Crippen molar-refractivity contribution in [2.24, 2.45) is 5.92 Å². The first-order valence-electron chi connectivity index (χ1n) is 7.76. The van der Waals surface area contributed by atoms with Crippen molar-refractivity contribution in [2.75, 3.05) is 6.61 Å². The molecule has 0 spiro atoms. The van der Waals surface area contributed by atoms with Crippen LogP contribution in [0.3, 0.4) is 0 Å². The summed E-state index contributed by atoms with van der Waals surface area (Å²) < 4.78 is 5.24. The number of hydrogen-bond acceptors (Lipinski definition) is 4. The molecule has 0 saturated heterocycles. The van der Waals surface area contributed by atoms with Crippen LogP contribution in [0.25, 0.3) is 11.1 Å². The van der Waals surface area contributed by atoms with E-state index in [0.29, 0.717) is 0 Å². The lowest BCUT2D eigenvalue weighted by Crippen LogP contribution is -2.35. The van der Waals surface area contributed by atoms with E-state index in [4.69, 9.17) is 9.84 Å². The topological polar surface area (TPSA) is 83.8 Å². The Bertz CT molecular complexity index is 735. The fraction of sp³-hybridized carbons (Fsp3) is 0.263. The lowest BCUT2D eigenvalue weighted by molar-refractivity contribution is -0.163. The van der Waals surface area contributed by atoms with Crippen molar-refractivity contribution in [1.82, 2.24) is 0 Å². The van der Waals surface area contributed by atoms with Crippen molar-refractivity contribution in [3.05, 3.63) is 59.7 Å². The van der Waals surface area contributed by atoms with Crippen molar-refractivity contribution in [2.45, 2.75) is 18.9 Å². The highest BCUT2D eigenvalue weighted by atomic mass is 16.5. The maximum absolute atomic E-state index is 12.0. The SMILES string of the molecule is CC(O)C(C(=O)O)C(=O)OCC1c2ccccc2-c2ccccc21. The highest BCUT2D eigenvalue weighted by molar-refractivity contribution is 5.94. The van der Waals surface area contributed by atoms with Gasteiger partial charge in [-0.3, -0.25) is 9.59 Å². The fourth-order valence-electron chi connectivity index (χ4n) is 3.20. The Hall–Kier alpha value is -2.66. The van der Waals surface area contributed by atoms with Gasteiger partial charge in [0, 0.05) is 5.92 Å². The molecule has 0 bridgehead atoms. The highest BCUT2D eigenvalue weighted by Gasteiger charge is 2.35. The third-order valence-corrected chi connectivity index (χ3v) is 4.36. The molecular weight excluding hydrogens is 308 g/mol. The minimum absolute atomic E-state index is 0.0450. The summed E-state index contributed by atoms with van der Waals surface area (Å²) in [5, 5.41) is 18.5. The van der Waals surface area contributed by atoms with Crippen LogP contribution in [0.5, 0.6) is 0 Å². The smallest absolute Gasteiger partial charge is 0.323 e. The van der Waals surface area contributed by atoms with Gasteiger partial charge in [-0.2, -0.15) is 0 Å². The standard InChI is InChI=1S/C19H18O5/c1-11(20)17(18(21)22)19(23)24-10-16-14-8-4-2-6-12(14)13-7-3-5-9-15(13)16/h2-9,11,16-17,20H,10H2,1H3,(H,21,22). The van der Waals surface area contributed by atoms with E-state index in [9.17, 15) is 14.7 Å². The van der Waals surface area contributed by atoms with Crippen LogP contribution in [0.2, 0.25) is 0 Å². The van der Waals surface area contributed by atoms with Gasteiger partial charge in [0.15, 0.2) is 5.92 Å². The molecule has 2 atom stereocenters. The minimum Gasteiger partial charge on any atom is -0.481 e. The average Bonchev–Trinajstić information content (AvgIpc) is 2.86. The molecule has 2 aromatic rings. The number of aliphatic carboxylic acids is 1. The summed E-state index contributed by atoms with van der Waals surface area (Å²) in [6, 6.07) is 15.8. The van der Waals surface area contributed by atoms with Crippen molar-refractivity contribution < 1.29 is 24.5 Å². The number of aliphatic hydroxyl groups is 1. The van der Waals surface area contributed by atoms with E-state index in [0.717, 1.165) is 22.3 Å². The molecule has 5 heteroatoms. The number of hydrogen-bond donors (Lipinski definition) is 2. The first-order valence-corrected chi connectivity index (χ1v) is 7.76. The van der Waals surface area contributed by atoms with E-state index < -0.39 is 24.0 Å². The van der Waals surface area contributed by atoms with Crippen LogP contribution in [0.15, 0.2) is 48.5 Å². The first kappa shape index (κ1) is 16.2. The number of benzene rings is 2. The summed E-state index contributed by atoms with van der Waals surface area (Å²) in [4.78, 5) is 23.2. The molecule has 0 fully saturated rings. The molecule has 124 valence electrons. The second kappa shape index (κ2) is 6.45. The maximum atomic E-state index is 12.0. The van der Waals surface area contributed by atoms with Crippen LogP contribution in [-0.2, 0) is 14.3 Å². The van der Waals surface area contributed by atoms with Gasteiger partial charge >= 0.3 is 11.9 Å². The normalized spacial score (nSPS) is 15.2. The Morgan fingerprint density at radius 3 is 2.00 bits per heavy atom. The number of fused-ring (bicyclic) bond motifs is 3. The second-order valence-electron chi connectivity index (χ2n) is 5.91. The van der Waals surface area contributed by atoms with E-state index in [1.54, 1.807) is 0 Å². The number of ether oxygens (including phenoxy) is 1. The largest absolute Gasteiger partial charge is 0.481 e. The van der Waals surface area contributed by atoms with E-state index in [-0.39, 0.29) is 12.5 Å². The Kier molecular flexibility index (Phi) is 4.36. The lowest BCUT2D eigenvalue weighted by atomic mass is 9.98. The molecule has 0 radical (unpaired) electrons. The summed E-state index contributed by atoms with van der Waals surface area (Å²) in [5.41, 5.74) is 4.30. The molecule has 1 aliphatic carbocycles. The minimum atomic E-state index is -1.57. The number of esters is 1. The molecule has 0 aromatic heterocycles. The second-order valence-corrected chi connectivity index (χ2v) is 5.91. The number of carboxylic acid groups (broad SMARTS) is 1. The van der Waals surface area contributed by atoms with Gasteiger partial charge in [0.05, 0.1) is 6.10 Å². The van der Waals surface area contributed by atoms with Crippen LogP contribution < -0.4 is 0 Å². The van der Waals surface area contributed by atoms with Crippen molar-refractivity contribution >= 4 is 11.9 Å². The molecule has 2 unspecified atom stereocenters. The van der Waals surface area contributed by atoms with Gasteiger partial charge in [-0.1, -0.05) is 48.5 Å². The van der Waals surface area contributed by atoms with E-state index >= 15 is 0 Å². The zero-order chi connectivity index (χ0) is 17.3. The zero-order valence-corrected chi connectivity index (χ0v) is 13.2. The summed E-state index contributed by atoms with van der Waals surface area (Å²) >= 11 is 0. The molecule has 24 heavy (non-hydrogen) atoms. The predicted octanol–water partition coefficient (Wildman–Crippen LogP) is 2.42. The lowest BCUT2D eigenvalue weighted by Gasteiger charge is -2.18. The van der Waals surface area contributed by atoms with Crippen LogP contribution in [0.1, 0.15) is 24.0 Å². The number of carbonyl (C=O) groups is 2. The van der Waals surface area contributed by atoms with Gasteiger partial charge in [-0.05, 0) is 29.2 Å². The molecule has 0 amide bonds. The fourth-order valence-corrected chi connectivity index (χ4v) is 3.20. The summed E-state index contributed by atoms with van der Waals surface area (Å²) in [7, 11) is 0. The Morgan fingerprint density at radius 2 is 1.54 bits per heavy atom. The van der Waals surface area contributed by atoms with Crippen LogP contribution in [0.4, 0.5) is 0 Å². The predicted molar refractivity (Wildman–Crippen MR) is 87.5 cm³/mol. The van der Waals surface area contributed by atoms with Gasteiger partial charge in [0.25, 0.3) is 0 Å². The van der Waals surface area contributed by atoms with Crippen molar-refractivity contribution in [3.63, 3.8) is 0 Å². The number of carbonyl (C=O) groups excluding carboxylic acids is 1. The molecule has 1 aliphatic rings. The number of carboxylic acids is 1. The average molecular weight is 326 g/mol. The van der Waals surface area contributed by atoms with Crippen LogP contribution in [0, 0.1) is 5.92 Å². The molecular formula is C19H18O5. The summed E-state index contributed by atoms with van der Waals surface area (Å²) in [6.07, 6.45) is -1.31. The molecule has 0 heterocycles. The van der Waals surface area contributed by atoms with Gasteiger partial charge in [-0.15, -0.1) is 0 Å².